The summed E-state index contributed by atoms with van der Waals surface area (Å²) in [6.45, 7) is -0.181. The highest BCUT2D eigenvalue weighted by atomic mass is 19.4. The summed E-state index contributed by atoms with van der Waals surface area (Å²) in [6.07, 6.45) is -1.39. The molecule has 0 saturated carbocycles. The second-order valence-corrected chi connectivity index (χ2v) is 10.8. The lowest BCUT2D eigenvalue weighted by molar-refractivity contribution is -0.139. The van der Waals surface area contributed by atoms with Crippen LogP contribution in [0.15, 0.2) is 60.7 Å². The summed E-state index contributed by atoms with van der Waals surface area (Å²) in [4.78, 5) is 15.7. The van der Waals surface area contributed by atoms with Crippen LogP contribution in [0.25, 0.3) is 0 Å². The summed E-state index contributed by atoms with van der Waals surface area (Å²) in [6, 6.07) is 16.8. The molecular weight excluding hydrogens is 549 g/mol. The van der Waals surface area contributed by atoms with Gasteiger partial charge in [0.05, 0.1) is 19.8 Å². The zero-order valence-corrected chi connectivity index (χ0v) is 23.9. The molecule has 1 unspecified atom stereocenters. The van der Waals surface area contributed by atoms with Gasteiger partial charge in [-0.3, -0.25) is 4.79 Å². The molecule has 2 aliphatic heterocycles. The Bertz CT molecular complexity index is 1360. The van der Waals surface area contributed by atoms with Gasteiger partial charge in [-0.25, -0.2) is 0 Å². The summed E-state index contributed by atoms with van der Waals surface area (Å²) >= 11 is 0. The van der Waals surface area contributed by atoms with E-state index in [9.17, 15) is 18.0 Å². The Labute approximate surface area is 243 Å². The average molecular weight is 585 g/mol. The van der Waals surface area contributed by atoms with Gasteiger partial charge in [-0.2, -0.15) is 13.2 Å². The number of benzene rings is 3. The second kappa shape index (κ2) is 12.5. The van der Waals surface area contributed by atoms with E-state index in [2.05, 4.69) is 17.3 Å². The van der Waals surface area contributed by atoms with Crippen molar-refractivity contribution >= 4 is 5.91 Å². The highest BCUT2D eigenvalue weighted by molar-refractivity contribution is 5.97. The van der Waals surface area contributed by atoms with Crippen LogP contribution in [0.2, 0.25) is 0 Å². The van der Waals surface area contributed by atoms with E-state index in [1.165, 1.54) is 19.2 Å². The van der Waals surface area contributed by atoms with E-state index in [0.29, 0.717) is 42.0 Å². The molecule has 0 aliphatic carbocycles. The molecule has 0 radical (unpaired) electrons. The second-order valence-electron chi connectivity index (χ2n) is 10.8. The first kappa shape index (κ1) is 29.6. The SMILES string of the molecule is COc1ccc(COc2ccc(C(=O)NC3C[C@H]4CC[C@@H](C3)N4C)c(C(F)(F)F)c2OCc2ccc(OC)cc2)cc1. The van der Waals surface area contributed by atoms with Crippen molar-refractivity contribution in [1.82, 2.24) is 10.2 Å². The van der Waals surface area contributed by atoms with Crippen LogP contribution in [0, 0.1) is 0 Å². The number of halogens is 3. The Morgan fingerprint density at radius 1 is 0.833 bits per heavy atom. The molecular formula is C32H35F3N2O5. The normalized spacial score (nSPS) is 20.2. The fourth-order valence-corrected chi connectivity index (χ4v) is 5.84. The number of fused-ring (bicyclic) bond motifs is 2. The molecule has 0 spiro atoms. The maximum absolute atomic E-state index is 14.7. The maximum Gasteiger partial charge on any atom is 0.420 e. The van der Waals surface area contributed by atoms with Gasteiger partial charge >= 0.3 is 6.18 Å². The molecule has 2 bridgehead atoms. The monoisotopic (exact) mass is 584 g/mol. The molecule has 42 heavy (non-hydrogen) atoms. The summed E-state index contributed by atoms with van der Waals surface area (Å²) in [5.41, 5.74) is -0.294. The van der Waals surface area contributed by atoms with Crippen LogP contribution in [0.4, 0.5) is 13.2 Å². The molecule has 224 valence electrons. The summed E-state index contributed by atoms with van der Waals surface area (Å²) in [5.74, 6) is -0.149. The van der Waals surface area contributed by atoms with Gasteiger partial charge in [0.2, 0.25) is 0 Å². The predicted molar refractivity (Wildman–Crippen MR) is 151 cm³/mol. The van der Waals surface area contributed by atoms with Gasteiger partial charge in [0.1, 0.15) is 30.3 Å². The molecule has 2 aliphatic rings. The van der Waals surface area contributed by atoms with E-state index in [-0.39, 0.29) is 25.0 Å². The van der Waals surface area contributed by atoms with Crippen LogP contribution in [0.3, 0.4) is 0 Å². The Hall–Kier alpha value is -3.92. The van der Waals surface area contributed by atoms with Crippen molar-refractivity contribution in [3.63, 3.8) is 0 Å². The number of ether oxygens (including phenoxy) is 4. The minimum Gasteiger partial charge on any atom is -0.497 e. The smallest absolute Gasteiger partial charge is 0.420 e. The molecule has 5 rings (SSSR count). The van der Waals surface area contributed by atoms with Crippen LogP contribution in [0.5, 0.6) is 23.0 Å². The Balaban J connectivity index is 1.44. The standard InChI is InChI=1S/C32H35F3N2O5/c1-37-23-8-9-24(37)17-22(16-23)36-31(38)27-14-15-28(41-18-20-4-10-25(39-2)11-5-20)30(29(27)32(33,34)35)42-19-21-6-12-26(40-3)13-7-21/h4-7,10-15,22-24H,8-9,16-19H2,1-3H3,(H,36,38)/t22?,23-,24+. The average Bonchev–Trinajstić information content (AvgIpc) is 3.18. The topological polar surface area (TPSA) is 69.3 Å². The third-order valence-corrected chi connectivity index (χ3v) is 8.18. The number of carbonyl (C=O) groups excluding carboxylic acids is 1. The number of alkyl halides is 3. The number of carbonyl (C=O) groups is 1. The van der Waals surface area contributed by atoms with E-state index in [1.807, 2.05) is 0 Å². The van der Waals surface area contributed by atoms with Crippen LogP contribution < -0.4 is 24.3 Å². The van der Waals surface area contributed by atoms with Crippen molar-refractivity contribution in [1.29, 1.82) is 0 Å². The highest BCUT2D eigenvalue weighted by Gasteiger charge is 2.43. The van der Waals surface area contributed by atoms with Gasteiger partial charge in [-0.15, -0.1) is 0 Å². The number of nitrogens with zero attached hydrogens (tertiary/aromatic N) is 1. The van der Waals surface area contributed by atoms with Gasteiger partial charge in [0.25, 0.3) is 5.91 Å². The maximum atomic E-state index is 14.7. The van der Waals surface area contributed by atoms with E-state index in [0.717, 1.165) is 18.4 Å². The first-order valence-corrected chi connectivity index (χ1v) is 13.9. The van der Waals surface area contributed by atoms with Crippen molar-refractivity contribution in [3.05, 3.63) is 82.9 Å². The molecule has 3 aromatic rings. The molecule has 2 fully saturated rings. The van der Waals surface area contributed by atoms with E-state index in [4.69, 9.17) is 18.9 Å². The van der Waals surface area contributed by atoms with Crippen molar-refractivity contribution in [2.75, 3.05) is 21.3 Å². The van der Waals surface area contributed by atoms with Crippen molar-refractivity contribution in [2.45, 2.75) is 63.2 Å². The van der Waals surface area contributed by atoms with Gasteiger partial charge < -0.3 is 29.2 Å². The number of piperidine rings is 1. The van der Waals surface area contributed by atoms with E-state index >= 15 is 0 Å². The number of nitrogens with one attached hydrogen (secondary N) is 1. The predicted octanol–water partition coefficient (Wildman–Crippen LogP) is 6.24. The fraction of sp³-hybridized carbons (Fsp3) is 0.406. The van der Waals surface area contributed by atoms with Gasteiger partial charge in [0.15, 0.2) is 11.5 Å². The molecule has 1 N–H and O–H groups in total. The molecule has 2 heterocycles. The van der Waals surface area contributed by atoms with Crippen LogP contribution >= 0.6 is 0 Å². The lowest BCUT2D eigenvalue weighted by Crippen LogP contribution is -2.49. The first-order valence-electron chi connectivity index (χ1n) is 13.9. The Morgan fingerprint density at radius 3 is 1.86 bits per heavy atom. The zero-order chi connectivity index (χ0) is 29.9. The largest absolute Gasteiger partial charge is 0.497 e. The molecule has 2 saturated heterocycles. The third-order valence-electron chi connectivity index (χ3n) is 8.18. The van der Waals surface area contributed by atoms with Crippen molar-refractivity contribution < 1.29 is 36.9 Å². The van der Waals surface area contributed by atoms with E-state index < -0.39 is 29.0 Å². The number of hydrogen-bond acceptors (Lipinski definition) is 6. The highest BCUT2D eigenvalue weighted by Crippen LogP contribution is 2.45. The van der Waals surface area contributed by atoms with Crippen LogP contribution in [-0.4, -0.2) is 50.2 Å². The van der Waals surface area contributed by atoms with Gasteiger partial charge in [-0.05, 0) is 80.3 Å². The first-order chi connectivity index (χ1) is 20.2. The Kier molecular flexibility index (Phi) is 8.82. The molecule has 3 atom stereocenters. The third kappa shape index (κ3) is 6.59. The summed E-state index contributed by atoms with van der Waals surface area (Å²) in [7, 11) is 5.14. The van der Waals surface area contributed by atoms with Gasteiger partial charge in [-0.1, -0.05) is 24.3 Å². The number of methoxy groups -OCH3 is 2. The van der Waals surface area contributed by atoms with Crippen molar-refractivity contribution in [2.24, 2.45) is 0 Å². The van der Waals surface area contributed by atoms with E-state index in [1.54, 1.807) is 55.6 Å². The number of hydrogen-bond donors (Lipinski definition) is 1. The van der Waals surface area contributed by atoms with Crippen LogP contribution in [-0.2, 0) is 19.4 Å². The lowest BCUT2D eigenvalue weighted by atomic mass is 9.97. The van der Waals surface area contributed by atoms with Crippen LogP contribution in [0.1, 0.15) is 52.7 Å². The molecule has 1 amide bonds. The van der Waals surface area contributed by atoms with Gasteiger partial charge in [0, 0.05) is 18.1 Å². The van der Waals surface area contributed by atoms with Crippen molar-refractivity contribution in [3.8, 4) is 23.0 Å². The fourth-order valence-electron chi connectivity index (χ4n) is 5.84. The molecule has 3 aromatic carbocycles. The number of rotatable bonds is 10. The molecule has 7 nitrogen and oxygen atoms in total. The quantitative estimate of drug-likeness (QED) is 0.305. The molecule has 0 aromatic heterocycles. The summed E-state index contributed by atoms with van der Waals surface area (Å²) in [5, 5.41) is 2.88. The lowest BCUT2D eigenvalue weighted by Gasteiger charge is -2.36. The molecule has 10 heteroatoms. The Morgan fingerprint density at radius 2 is 1.36 bits per heavy atom. The number of amides is 1. The minimum absolute atomic E-state index is 0.00982. The summed E-state index contributed by atoms with van der Waals surface area (Å²) < 4.78 is 66.2. The minimum atomic E-state index is -4.88. The zero-order valence-electron chi connectivity index (χ0n) is 23.9.